The first-order valence-corrected chi connectivity index (χ1v) is 15.5. The molecule has 0 spiro atoms. The number of halogens is 1. The highest BCUT2D eigenvalue weighted by Gasteiger charge is 2.81. The van der Waals surface area contributed by atoms with Gasteiger partial charge in [-0.05, 0) is 41.8 Å². The van der Waals surface area contributed by atoms with Gasteiger partial charge in [-0.15, -0.1) is 0 Å². The van der Waals surface area contributed by atoms with Crippen molar-refractivity contribution in [3.05, 3.63) is 108 Å². The molecule has 3 aliphatic rings. The molecule has 0 unspecified atom stereocenters. The van der Waals surface area contributed by atoms with Gasteiger partial charge in [0, 0.05) is 5.41 Å². The third kappa shape index (κ3) is 5.20. The van der Waals surface area contributed by atoms with Gasteiger partial charge >= 0.3 is 23.9 Å². The van der Waals surface area contributed by atoms with Gasteiger partial charge in [-0.1, -0.05) is 82.3 Å². The van der Waals surface area contributed by atoms with Gasteiger partial charge in [0.2, 0.25) is 5.67 Å². The summed E-state index contributed by atoms with van der Waals surface area (Å²) in [5.41, 5.74) is -4.21. The SMILES string of the molecule is CC1(C)[C@@H]2N([C@@H]3O[C@H](COC(=O)c4ccccc4)[C@@H](OC(=O)c4ccccc4)[C@H]3OC(=O)c3ccccc3)C(=O)NC(=O)[C@]2(F)C1(C)C. The van der Waals surface area contributed by atoms with E-state index >= 15 is 4.39 Å². The fourth-order valence-electron chi connectivity index (χ4n) is 6.83. The van der Waals surface area contributed by atoms with Crippen molar-refractivity contribution in [1.29, 1.82) is 0 Å². The van der Waals surface area contributed by atoms with Crippen molar-refractivity contribution in [2.24, 2.45) is 10.8 Å². The fraction of sp³-hybridized carbons (Fsp3) is 0.361. The maximum Gasteiger partial charge on any atom is 0.338 e. The molecule has 6 rings (SSSR count). The standard InChI is InChI=1S/C36H35FN2O9/c1-34(2)31-36(37,35(34,3)4)32(43)38-33(44)39(31)27-26(48-30(42)23-18-12-7-13-19-23)25(47-29(41)22-16-10-6-11-17-22)24(46-27)20-45-28(40)21-14-8-5-9-15-21/h5-19,24-27,31H,20H2,1-4H3,(H,38,43,44)/t24-,25-,26-,27-,31+,36+/m1/s1. The summed E-state index contributed by atoms with van der Waals surface area (Å²) in [6.07, 6.45) is -5.86. The van der Waals surface area contributed by atoms with Gasteiger partial charge in [0.25, 0.3) is 5.91 Å². The molecule has 2 heterocycles. The monoisotopic (exact) mass is 658 g/mol. The third-order valence-electron chi connectivity index (χ3n) is 10.1. The molecule has 2 saturated heterocycles. The summed E-state index contributed by atoms with van der Waals surface area (Å²) in [5, 5.41) is 2.10. The minimum Gasteiger partial charge on any atom is -0.459 e. The molecule has 1 aliphatic carbocycles. The number of ether oxygens (including phenoxy) is 4. The van der Waals surface area contributed by atoms with Crippen molar-refractivity contribution in [1.82, 2.24) is 10.2 Å². The summed E-state index contributed by atoms with van der Waals surface area (Å²) in [4.78, 5) is 67.6. The Labute approximate surface area is 276 Å². The summed E-state index contributed by atoms with van der Waals surface area (Å²) in [7, 11) is 0. The van der Waals surface area contributed by atoms with Crippen LogP contribution in [-0.2, 0) is 23.7 Å². The largest absolute Gasteiger partial charge is 0.459 e. The number of esters is 3. The van der Waals surface area contributed by atoms with Crippen molar-refractivity contribution in [3.63, 3.8) is 0 Å². The minimum absolute atomic E-state index is 0.145. The Balaban J connectivity index is 1.41. The number of imide groups is 1. The van der Waals surface area contributed by atoms with Crippen LogP contribution in [-0.4, -0.2) is 77.6 Å². The number of carbonyl (C=O) groups excluding carboxylic acids is 5. The molecule has 3 amide bonds. The number of nitrogens with one attached hydrogen (secondary N) is 1. The summed E-state index contributed by atoms with van der Waals surface area (Å²) >= 11 is 0. The third-order valence-corrected chi connectivity index (χ3v) is 10.1. The number of fused-ring (bicyclic) bond motifs is 1. The lowest BCUT2D eigenvalue weighted by Crippen LogP contribution is -2.88. The topological polar surface area (TPSA) is 138 Å². The molecule has 0 bridgehead atoms. The van der Waals surface area contributed by atoms with E-state index in [9.17, 15) is 24.0 Å². The molecule has 1 saturated carbocycles. The Morgan fingerprint density at radius 1 is 0.750 bits per heavy atom. The zero-order valence-electron chi connectivity index (χ0n) is 26.8. The van der Waals surface area contributed by atoms with Crippen LogP contribution in [0.3, 0.4) is 0 Å². The van der Waals surface area contributed by atoms with Gasteiger partial charge in [-0.3, -0.25) is 15.0 Å². The maximum atomic E-state index is 16.9. The van der Waals surface area contributed by atoms with Gasteiger partial charge < -0.3 is 18.9 Å². The van der Waals surface area contributed by atoms with Gasteiger partial charge in [0.15, 0.2) is 18.4 Å². The van der Waals surface area contributed by atoms with Crippen LogP contribution in [0.25, 0.3) is 0 Å². The van der Waals surface area contributed by atoms with Gasteiger partial charge in [0.05, 0.1) is 22.7 Å². The first kappa shape index (κ1) is 32.8. The normalized spacial score (nSPS) is 28.4. The van der Waals surface area contributed by atoms with E-state index < -0.39 is 83.5 Å². The predicted octanol–water partition coefficient (Wildman–Crippen LogP) is 4.71. The van der Waals surface area contributed by atoms with E-state index in [1.807, 2.05) is 0 Å². The zero-order chi connectivity index (χ0) is 34.4. The molecule has 1 N–H and O–H groups in total. The maximum absolute atomic E-state index is 16.9. The molecule has 6 atom stereocenters. The Morgan fingerprint density at radius 3 is 1.71 bits per heavy atom. The molecule has 11 nitrogen and oxygen atoms in total. The van der Waals surface area contributed by atoms with Crippen LogP contribution in [0.4, 0.5) is 9.18 Å². The number of rotatable bonds is 8. The average Bonchev–Trinajstić information content (AvgIpc) is 3.41. The number of nitrogens with zero attached hydrogens (tertiary/aromatic N) is 1. The molecule has 0 aromatic heterocycles. The van der Waals surface area contributed by atoms with Gasteiger partial charge in [-0.25, -0.2) is 23.6 Å². The number of alkyl halides is 1. The fourth-order valence-corrected chi connectivity index (χ4v) is 6.83. The van der Waals surface area contributed by atoms with Crippen LogP contribution in [0.15, 0.2) is 91.0 Å². The zero-order valence-corrected chi connectivity index (χ0v) is 26.8. The number of hydrogen-bond donors (Lipinski definition) is 1. The Kier molecular flexibility index (Phi) is 8.32. The predicted molar refractivity (Wildman–Crippen MR) is 167 cm³/mol. The molecule has 2 aliphatic heterocycles. The molecule has 48 heavy (non-hydrogen) atoms. The van der Waals surface area contributed by atoms with E-state index in [4.69, 9.17) is 18.9 Å². The number of urea groups is 1. The quantitative estimate of drug-likeness (QED) is 0.269. The second kappa shape index (κ2) is 12.2. The molecule has 3 aromatic rings. The number of carbonyl (C=O) groups is 5. The van der Waals surface area contributed by atoms with Crippen LogP contribution >= 0.6 is 0 Å². The van der Waals surface area contributed by atoms with E-state index in [2.05, 4.69) is 5.32 Å². The molecule has 3 fully saturated rings. The molecule has 3 aromatic carbocycles. The summed E-state index contributed by atoms with van der Waals surface area (Å²) in [5.74, 6) is -3.45. The Hall–Kier alpha value is -5.10. The van der Waals surface area contributed by atoms with Crippen molar-refractivity contribution >= 4 is 29.8 Å². The first-order valence-electron chi connectivity index (χ1n) is 15.5. The second-order valence-electron chi connectivity index (χ2n) is 13.1. The van der Waals surface area contributed by atoms with Crippen molar-refractivity contribution < 1.29 is 47.3 Å². The highest BCUT2D eigenvalue weighted by atomic mass is 19.1. The molecule has 12 heteroatoms. The van der Waals surface area contributed by atoms with Gasteiger partial charge in [0.1, 0.15) is 12.7 Å². The van der Waals surface area contributed by atoms with Crippen LogP contribution in [0.2, 0.25) is 0 Å². The van der Waals surface area contributed by atoms with Crippen LogP contribution in [0.5, 0.6) is 0 Å². The van der Waals surface area contributed by atoms with Gasteiger partial charge in [-0.2, -0.15) is 0 Å². The highest BCUT2D eigenvalue weighted by molar-refractivity contribution is 6.04. The van der Waals surface area contributed by atoms with Crippen molar-refractivity contribution in [2.45, 2.75) is 63.9 Å². The smallest absolute Gasteiger partial charge is 0.338 e. The first-order chi connectivity index (χ1) is 22.8. The Bertz CT molecular complexity index is 1730. The highest BCUT2D eigenvalue weighted by Crippen LogP contribution is 2.67. The van der Waals surface area contributed by atoms with E-state index in [0.29, 0.717) is 0 Å². The molecule has 250 valence electrons. The summed E-state index contributed by atoms with van der Waals surface area (Å²) in [6, 6.07) is 21.8. The lowest BCUT2D eigenvalue weighted by molar-refractivity contribution is -0.269. The van der Waals surface area contributed by atoms with E-state index in [1.54, 1.807) is 94.4 Å². The number of amides is 3. The van der Waals surface area contributed by atoms with E-state index in [0.717, 1.165) is 4.90 Å². The van der Waals surface area contributed by atoms with Crippen molar-refractivity contribution in [2.75, 3.05) is 6.61 Å². The van der Waals surface area contributed by atoms with E-state index in [-0.39, 0.29) is 16.7 Å². The second-order valence-corrected chi connectivity index (χ2v) is 13.1. The number of benzene rings is 3. The van der Waals surface area contributed by atoms with Crippen LogP contribution in [0, 0.1) is 10.8 Å². The number of hydrogen-bond acceptors (Lipinski definition) is 9. The van der Waals surface area contributed by atoms with Crippen molar-refractivity contribution in [3.8, 4) is 0 Å². The lowest BCUT2D eigenvalue weighted by atomic mass is 9.40. The van der Waals surface area contributed by atoms with E-state index in [1.165, 1.54) is 24.3 Å². The summed E-state index contributed by atoms with van der Waals surface area (Å²) < 4.78 is 40.6. The Morgan fingerprint density at radius 2 is 1.21 bits per heavy atom. The molecular formula is C36H35FN2O9. The molecule has 0 radical (unpaired) electrons. The van der Waals surface area contributed by atoms with Crippen LogP contribution < -0.4 is 5.32 Å². The molecular weight excluding hydrogens is 623 g/mol. The summed E-state index contributed by atoms with van der Waals surface area (Å²) in [6.45, 7) is 6.14. The lowest BCUT2D eigenvalue weighted by Gasteiger charge is -2.70. The average molecular weight is 659 g/mol. The minimum atomic E-state index is -2.55. The van der Waals surface area contributed by atoms with Crippen LogP contribution in [0.1, 0.15) is 58.8 Å².